The molecule has 4 heteroatoms. The highest BCUT2D eigenvalue weighted by atomic mass is 16.5. The lowest BCUT2D eigenvalue weighted by Crippen LogP contribution is -1.99. The van der Waals surface area contributed by atoms with Crippen LogP contribution in [0.15, 0.2) is 24.3 Å². The van der Waals surface area contributed by atoms with Gasteiger partial charge in [0.25, 0.3) is 0 Å². The average Bonchev–Trinajstić information content (AvgIpc) is 2.80. The van der Waals surface area contributed by atoms with Gasteiger partial charge in [-0.1, -0.05) is 31.2 Å². The van der Waals surface area contributed by atoms with Gasteiger partial charge in [0.2, 0.25) is 0 Å². The number of rotatable bonds is 5. The first-order chi connectivity index (χ1) is 9.15. The Morgan fingerprint density at radius 3 is 2.42 bits per heavy atom. The summed E-state index contributed by atoms with van der Waals surface area (Å²) in [5.41, 5.74) is 2.22. The van der Waals surface area contributed by atoms with Crippen LogP contribution in [0.1, 0.15) is 38.3 Å². The van der Waals surface area contributed by atoms with Gasteiger partial charge in [-0.05, 0) is 19.4 Å². The van der Waals surface area contributed by atoms with Gasteiger partial charge >= 0.3 is 0 Å². The molecule has 4 nitrogen and oxygen atoms in total. The Morgan fingerprint density at radius 1 is 1.21 bits per heavy atom. The zero-order chi connectivity index (χ0) is 13.8. The molecule has 1 aromatic heterocycles. The maximum absolute atomic E-state index is 5.58. The summed E-state index contributed by atoms with van der Waals surface area (Å²) >= 11 is 0. The molecule has 1 atom stereocenters. The molecule has 0 amide bonds. The van der Waals surface area contributed by atoms with Crippen LogP contribution in [-0.2, 0) is 18.2 Å². The molecule has 0 aliphatic heterocycles. The molecule has 0 bridgehead atoms. The standard InChI is InChI=1S/C15H21N3O/c1-5-14-16-15(17-18(14)4)13-9-7-12(8-10-13)11(3)19-6-2/h7-11H,5-6H2,1-4H3/t11-/m1/s1. The smallest absolute Gasteiger partial charge is 0.181 e. The van der Waals surface area contributed by atoms with Crippen LogP contribution in [0.25, 0.3) is 11.4 Å². The van der Waals surface area contributed by atoms with Crippen LogP contribution >= 0.6 is 0 Å². The maximum atomic E-state index is 5.58. The molecule has 2 aromatic rings. The van der Waals surface area contributed by atoms with Gasteiger partial charge in [0, 0.05) is 25.6 Å². The number of benzene rings is 1. The molecule has 0 aliphatic carbocycles. The van der Waals surface area contributed by atoms with E-state index in [-0.39, 0.29) is 6.10 Å². The van der Waals surface area contributed by atoms with Gasteiger partial charge in [0.05, 0.1) is 6.10 Å². The molecule has 0 N–H and O–H groups in total. The second kappa shape index (κ2) is 5.97. The lowest BCUT2D eigenvalue weighted by molar-refractivity contribution is 0.0764. The molecule has 0 aliphatic rings. The van der Waals surface area contributed by atoms with Crippen LogP contribution in [0, 0.1) is 0 Å². The predicted molar refractivity (Wildman–Crippen MR) is 75.9 cm³/mol. The first kappa shape index (κ1) is 13.7. The summed E-state index contributed by atoms with van der Waals surface area (Å²) in [4.78, 5) is 4.53. The van der Waals surface area contributed by atoms with Gasteiger partial charge in [-0.25, -0.2) is 4.98 Å². The van der Waals surface area contributed by atoms with Crippen molar-refractivity contribution < 1.29 is 4.74 Å². The van der Waals surface area contributed by atoms with E-state index in [0.717, 1.165) is 30.2 Å². The maximum Gasteiger partial charge on any atom is 0.181 e. The van der Waals surface area contributed by atoms with Gasteiger partial charge in [-0.3, -0.25) is 4.68 Å². The number of nitrogens with zero attached hydrogens (tertiary/aromatic N) is 3. The molecule has 2 rings (SSSR count). The summed E-state index contributed by atoms with van der Waals surface area (Å²) in [5, 5.41) is 4.44. The molecule has 0 spiro atoms. The minimum absolute atomic E-state index is 0.127. The quantitative estimate of drug-likeness (QED) is 0.828. The lowest BCUT2D eigenvalue weighted by Gasteiger charge is -2.11. The molecule has 1 aromatic carbocycles. The topological polar surface area (TPSA) is 39.9 Å². The van der Waals surface area contributed by atoms with Crippen LogP contribution in [0.5, 0.6) is 0 Å². The summed E-state index contributed by atoms with van der Waals surface area (Å²) in [5.74, 6) is 1.79. The first-order valence-corrected chi connectivity index (χ1v) is 6.77. The largest absolute Gasteiger partial charge is 0.374 e. The highest BCUT2D eigenvalue weighted by Gasteiger charge is 2.09. The molecule has 102 valence electrons. The lowest BCUT2D eigenvalue weighted by atomic mass is 10.1. The van der Waals surface area contributed by atoms with E-state index in [1.807, 2.05) is 18.7 Å². The zero-order valence-corrected chi connectivity index (χ0v) is 12.1. The molecule has 1 heterocycles. The minimum atomic E-state index is 0.127. The van der Waals surface area contributed by atoms with E-state index < -0.39 is 0 Å². The van der Waals surface area contributed by atoms with Crippen LogP contribution in [-0.4, -0.2) is 21.4 Å². The number of aromatic nitrogens is 3. The Balaban J connectivity index is 2.22. The second-order valence-corrected chi connectivity index (χ2v) is 4.55. The van der Waals surface area contributed by atoms with Crippen molar-refractivity contribution in [1.82, 2.24) is 14.8 Å². The highest BCUT2D eigenvalue weighted by molar-refractivity contribution is 5.55. The van der Waals surface area contributed by atoms with E-state index in [2.05, 4.69) is 48.2 Å². The Kier molecular flexibility index (Phi) is 4.32. The number of hydrogen-bond donors (Lipinski definition) is 0. The van der Waals surface area contributed by atoms with Crippen LogP contribution in [0.4, 0.5) is 0 Å². The minimum Gasteiger partial charge on any atom is -0.374 e. The third kappa shape index (κ3) is 3.01. The van der Waals surface area contributed by atoms with Crippen LogP contribution in [0.2, 0.25) is 0 Å². The number of ether oxygens (including phenoxy) is 1. The van der Waals surface area contributed by atoms with Crippen molar-refractivity contribution in [1.29, 1.82) is 0 Å². The fourth-order valence-electron chi connectivity index (χ4n) is 2.10. The van der Waals surface area contributed by atoms with Crippen LogP contribution < -0.4 is 0 Å². The van der Waals surface area contributed by atoms with Gasteiger partial charge in [-0.15, -0.1) is 0 Å². The van der Waals surface area contributed by atoms with E-state index in [1.165, 1.54) is 5.56 Å². The van der Waals surface area contributed by atoms with Crippen molar-refractivity contribution in [3.05, 3.63) is 35.7 Å². The molecular formula is C15H21N3O. The summed E-state index contributed by atoms with van der Waals surface area (Å²) in [6.45, 7) is 6.88. The fraction of sp³-hybridized carbons (Fsp3) is 0.467. The predicted octanol–water partition coefficient (Wildman–Crippen LogP) is 3.14. The SMILES string of the molecule is CCO[C@H](C)c1ccc(-c2nc(CC)n(C)n2)cc1. The average molecular weight is 259 g/mol. The van der Waals surface area contributed by atoms with Gasteiger partial charge in [0.15, 0.2) is 5.82 Å². The fourth-order valence-corrected chi connectivity index (χ4v) is 2.10. The third-order valence-corrected chi connectivity index (χ3v) is 3.22. The van der Waals surface area contributed by atoms with Gasteiger partial charge in [-0.2, -0.15) is 5.10 Å². The summed E-state index contributed by atoms with van der Waals surface area (Å²) in [6.07, 6.45) is 1.02. The molecule has 0 saturated carbocycles. The highest BCUT2D eigenvalue weighted by Crippen LogP contribution is 2.21. The monoisotopic (exact) mass is 259 g/mol. The molecule has 19 heavy (non-hydrogen) atoms. The van der Waals surface area contributed by atoms with Crippen LogP contribution in [0.3, 0.4) is 0 Å². The number of hydrogen-bond acceptors (Lipinski definition) is 3. The first-order valence-electron chi connectivity index (χ1n) is 6.77. The molecule has 0 saturated heterocycles. The van der Waals surface area contributed by atoms with Crippen molar-refractivity contribution in [2.75, 3.05) is 6.61 Å². The second-order valence-electron chi connectivity index (χ2n) is 4.55. The van der Waals surface area contributed by atoms with Crippen molar-refractivity contribution in [3.63, 3.8) is 0 Å². The normalized spacial score (nSPS) is 12.6. The van der Waals surface area contributed by atoms with Crippen molar-refractivity contribution in [2.24, 2.45) is 7.05 Å². The Bertz CT molecular complexity index is 531. The van der Waals surface area contributed by atoms with Gasteiger partial charge < -0.3 is 4.74 Å². The number of aryl methyl sites for hydroxylation is 2. The molecule has 0 radical (unpaired) electrons. The molecule has 0 fully saturated rings. The Labute approximate surface area is 114 Å². The molecule has 0 unspecified atom stereocenters. The van der Waals surface area contributed by atoms with E-state index in [1.54, 1.807) is 0 Å². The van der Waals surface area contributed by atoms with E-state index in [9.17, 15) is 0 Å². The summed E-state index contributed by atoms with van der Waals surface area (Å²) in [7, 11) is 1.93. The summed E-state index contributed by atoms with van der Waals surface area (Å²) < 4.78 is 7.42. The van der Waals surface area contributed by atoms with E-state index in [4.69, 9.17) is 4.74 Å². The van der Waals surface area contributed by atoms with E-state index >= 15 is 0 Å². The van der Waals surface area contributed by atoms with Crippen molar-refractivity contribution in [2.45, 2.75) is 33.3 Å². The molecular weight excluding hydrogens is 238 g/mol. The van der Waals surface area contributed by atoms with E-state index in [0.29, 0.717) is 0 Å². The van der Waals surface area contributed by atoms with Gasteiger partial charge in [0.1, 0.15) is 5.82 Å². The van der Waals surface area contributed by atoms with Crippen molar-refractivity contribution in [3.8, 4) is 11.4 Å². The Morgan fingerprint density at radius 2 is 1.89 bits per heavy atom. The van der Waals surface area contributed by atoms with Crippen molar-refractivity contribution >= 4 is 0 Å². The summed E-state index contributed by atoms with van der Waals surface area (Å²) in [6, 6.07) is 8.27. The third-order valence-electron chi connectivity index (χ3n) is 3.22. The zero-order valence-electron chi connectivity index (χ0n) is 12.1. The Hall–Kier alpha value is -1.68.